The zero-order chi connectivity index (χ0) is 82.4. The molecule has 7 aromatic rings. The lowest BCUT2D eigenvalue weighted by atomic mass is 9.60. The van der Waals surface area contributed by atoms with Gasteiger partial charge in [-0.3, -0.25) is 43.7 Å². The van der Waals surface area contributed by atoms with Crippen LogP contribution < -0.4 is 37.2 Å². The first-order valence-corrected chi connectivity index (χ1v) is 40.4. The first kappa shape index (κ1) is 83.3. The van der Waals surface area contributed by atoms with E-state index in [1.165, 1.54) is 35.3 Å². The highest BCUT2D eigenvalue weighted by atomic mass is 32.1. The minimum absolute atomic E-state index is 0.0149. The number of carboxylic acid groups (broad SMARTS) is 1. The maximum atomic E-state index is 14.5. The van der Waals surface area contributed by atoms with Gasteiger partial charge in [0.25, 0.3) is 17.7 Å². The summed E-state index contributed by atoms with van der Waals surface area (Å²) in [7, 11) is 1.32. The molecule has 618 valence electrons. The number of rotatable bonds is 36. The van der Waals surface area contributed by atoms with Gasteiger partial charge >= 0.3 is 18.1 Å². The largest absolute Gasteiger partial charge is 0.476 e. The number of imide groups is 1. The predicted octanol–water partition coefficient (Wildman–Crippen LogP) is 6.94. The van der Waals surface area contributed by atoms with Crippen molar-refractivity contribution in [3.05, 3.63) is 143 Å². The van der Waals surface area contributed by atoms with Gasteiger partial charge in [0.15, 0.2) is 17.1 Å². The number of aryl methyl sites for hydroxylation is 1. The summed E-state index contributed by atoms with van der Waals surface area (Å²) in [6, 6.07) is 20.8. The van der Waals surface area contributed by atoms with Crippen LogP contribution in [0.4, 0.5) is 26.2 Å². The van der Waals surface area contributed by atoms with Gasteiger partial charge in [-0.25, -0.2) is 29.0 Å². The fourth-order valence-corrected chi connectivity index (χ4v) is 19.2. The number of carbonyl (C=O) groups excluding carboxylic acids is 8. The van der Waals surface area contributed by atoms with Crippen molar-refractivity contribution in [3.63, 3.8) is 0 Å². The molecule has 4 unspecified atom stereocenters. The molecule has 7 heterocycles. The van der Waals surface area contributed by atoms with Gasteiger partial charge in [0.1, 0.15) is 48.9 Å². The Morgan fingerprint density at radius 1 is 0.819 bits per heavy atom. The minimum Gasteiger partial charge on any atom is -0.476 e. The Hall–Kier alpha value is -10.6. The lowest BCUT2D eigenvalue weighted by Gasteiger charge is -2.46. The van der Waals surface area contributed by atoms with E-state index in [0.717, 1.165) is 64.0 Å². The van der Waals surface area contributed by atoms with Crippen LogP contribution in [0.3, 0.4) is 0 Å². The van der Waals surface area contributed by atoms with Crippen molar-refractivity contribution in [1.82, 2.24) is 60.5 Å². The number of ether oxygens (including phenoxy) is 4. The van der Waals surface area contributed by atoms with Crippen molar-refractivity contribution in [3.8, 4) is 11.1 Å². The number of nitrogens with two attached hydrogens (primary N) is 1. The number of urea groups is 1. The quantitative estimate of drug-likeness (QED) is 0.0140. The van der Waals surface area contributed by atoms with E-state index in [1.54, 1.807) is 67.5 Å². The van der Waals surface area contributed by atoms with Crippen LogP contribution in [0.25, 0.3) is 21.3 Å². The number of thiazole rings is 1. The molecule has 7 aliphatic rings. The number of nitrogens with one attached hydrogen (secondary N) is 5. The van der Waals surface area contributed by atoms with Gasteiger partial charge in [-0.15, -0.1) is 5.10 Å². The molecule has 33 nitrogen and oxygen atoms in total. The molecule has 4 saturated carbocycles. The highest BCUT2D eigenvalue weighted by Gasteiger charge is 2.74. The Balaban J connectivity index is 0.652. The molecule has 1 saturated heterocycles. The molecule has 4 aliphatic carbocycles. The van der Waals surface area contributed by atoms with E-state index in [-0.39, 0.29) is 117 Å². The molecule has 11 atom stereocenters. The first-order valence-electron chi connectivity index (χ1n) is 39.5. The topological polar surface area (TPSA) is 442 Å². The van der Waals surface area contributed by atoms with Gasteiger partial charge in [0, 0.05) is 106 Å². The molecule has 116 heavy (non-hydrogen) atoms. The van der Waals surface area contributed by atoms with Gasteiger partial charge in [-0.05, 0) is 165 Å². The number of pyridine rings is 1. The van der Waals surface area contributed by atoms with Crippen LogP contribution >= 0.6 is 11.3 Å². The number of amides is 9. The number of unbranched alkanes of at least 4 members (excludes halogenated alkanes) is 2. The molecule has 4 bridgehead atoms. The van der Waals surface area contributed by atoms with E-state index in [2.05, 4.69) is 55.7 Å². The van der Waals surface area contributed by atoms with Crippen LogP contribution in [0.2, 0.25) is 0 Å². The summed E-state index contributed by atoms with van der Waals surface area (Å²) in [4.78, 5) is 132. The summed E-state index contributed by atoms with van der Waals surface area (Å²) >= 11 is 1.40. The normalized spacial score (nSPS) is 23.7. The smallest absolute Gasteiger partial charge is 0.410 e. The standard InChI is InChI=1S/C82H102N16O17S/c1-48(2)66(90-63(99)21-8-7-11-33-97-64(100)28-29-65(97)101)73(107)87-59(19-13-31-84-76(83)110)72(106)86-52-24-22-50(23-25-52)41-113-78(111)94(32-14-16-53-38-96(93-92-53)40-60-68(102)69(103)70(104)75(112-6)115-60)35-36-114-82-44-79(4)42-80(82,5)45-81(43-79,46-82)47-98-49(3)56(37-85-98)54-26-27-62(89-67(54)74(108)109)95-34-30-51-15-12-17-55(57(51)39-95)71(105)91-77-88-58-18-9-10-20-61(58)116-77/h9-10,12,15,17-18,20,22-29,37-38,48,59-60,66,68-70,75,102-104H,7-8,11,13-14,16,19,21,30-36,39-47H2,1-6H3,(H,86,106)(H,87,107)(H,90,99)(H,108,109)(H3,83,84,110)(H,88,91,105)/t59-,60-,66-,68-,69+,70-,75-,79?,80?,81?,82?/m0/s1. The number of nitrogens with zero attached hydrogens (tertiary/aromatic N) is 10. The molecule has 34 heteroatoms. The van der Waals surface area contributed by atoms with Crippen LogP contribution in [0.15, 0.2) is 103 Å². The van der Waals surface area contributed by atoms with E-state index >= 15 is 0 Å². The maximum Gasteiger partial charge on any atom is 0.410 e. The lowest BCUT2D eigenvalue weighted by Crippen LogP contribution is -2.58. The molecule has 4 aromatic heterocycles. The Morgan fingerprint density at radius 2 is 1.60 bits per heavy atom. The second-order valence-corrected chi connectivity index (χ2v) is 33.6. The zero-order valence-electron chi connectivity index (χ0n) is 66.0. The van der Waals surface area contributed by atoms with E-state index in [4.69, 9.17) is 34.8 Å². The lowest BCUT2D eigenvalue weighted by molar-refractivity contribution is -0.292. The molecule has 5 fully saturated rings. The summed E-state index contributed by atoms with van der Waals surface area (Å²) in [6.07, 6.45) is 6.20. The molecule has 0 radical (unpaired) electrons. The van der Waals surface area contributed by atoms with Gasteiger partial charge in [0.2, 0.25) is 17.7 Å². The number of carboxylic acids is 1. The number of aliphatic hydroxyl groups is 3. The summed E-state index contributed by atoms with van der Waals surface area (Å²) < 4.78 is 28.6. The summed E-state index contributed by atoms with van der Waals surface area (Å²) in [5.41, 5.74) is 10.7. The third-order valence-electron chi connectivity index (χ3n) is 23.5. The zero-order valence-corrected chi connectivity index (χ0v) is 66.8. The average molecular weight is 1620 g/mol. The third kappa shape index (κ3) is 18.8. The average Bonchev–Trinajstić information content (AvgIpc) is 1.50. The predicted molar refractivity (Wildman–Crippen MR) is 425 cm³/mol. The maximum absolute atomic E-state index is 14.5. The Kier molecular flexibility index (Phi) is 25.5. The van der Waals surface area contributed by atoms with Crippen molar-refractivity contribution in [1.29, 1.82) is 0 Å². The molecular weight excluding hydrogens is 1510 g/mol. The summed E-state index contributed by atoms with van der Waals surface area (Å²) in [6.45, 7) is 12.3. The number of aromatic nitrogens is 7. The number of para-hydroxylation sites is 1. The number of hydrogen-bond acceptors (Lipinski definition) is 23. The number of aromatic carboxylic acids is 1. The second kappa shape index (κ2) is 35.5. The van der Waals surface area contributed by atoms with Crippen molar-refractivity contribution in [2.24, 2.45) is 27.9 Å². The Bertz CT molecular complexity index is 4810. The van der Waals surface area contributed by atoms with Crippen LogP contribution in [-0.4, -0.2) is 213 Å². The fraction of sp³-hybridized carbons (Fsp3) is 0.512. The third-order valence-corrected chi connectivity index (χ3v) is 24.5. The van der Waals surface area contributed by atoms with Crippen molar-refractivity contribution in [2.45, 2.75) is 199 Å². The summed E-state index contributed by atoms with van der Waals surface area (Å²) in [5.74, 6) is -3.69. The number of hydrogen-bond donors (Lipinski definition) is 10. The van der Waals surface area contributed by atoms with E-state index in [9.17, 15) is 63.6 Å². The molecule has 9 amide bonds. The van der Waals surface area contributed by atoms with E-state index in [0.29, 0.717) is 103 Å². The molecule has 14 rings (SSSR count). The highest BCUT2D eigenvalue weighted by Crippen LogP contribution is 2.77. The van der Waals surface area contributed by atoms with E-state index < -0.39 is 78.3 Å². The van der Waals surface area contributed by atoms with Crippen molar-refractivity contribution < 1.29 is 82.5 Å². The first-order chi connectivity index (χ1) is 55.5. The number of anilines is 3. The van der Waals surface area contributed by atoms with Gasteiger partial charge in [0.05, 0.1) is 40.9 Å². The monoisotopic (exact) mass is 1610 g/mol. The van der Waals surface area contributed by atoms with Gasteiger partial charge in [-0.1, -0.05) is 87.1 Å². The fourth-order valence-electron chi connectivity index (χ4n) is 18.4. The number of aliphatic hydroxyl groups excluding tert-OH is 3. The van der Waals surface area contributed by atoms with Gasteiger partial charge < -0.3 is 76.2 Å². The van der Waals surface area contributed by atoms with Crippen LogP contribution in [0.1, 0.15) is 154 Å². The number of fused-ring (bicyclic) bond motifs is 2. The van der Waals surface area contributed by atoms with Crippen LogP contribution in [0.5, 0.6) is 0 Å². The number of carbonyl (C=O) groups is 9. The van der Waals surface area contributed by atoms with Crippen LogP contribution in [-0.2, 0) is 82.0 Å². The molecular formula is C82H102N16O17S. The Labute approximate surface area is 674 Å². The highest BCUT2D eigenvalue weighted by molar-refractivity contribution is 7.22. The SMILES string of the molecule is CO[C@H]1O[C@@H](Cn2cc(CCCN(CCOC34CC5(C)CC(Cn6ncc(-c7ccc(N8CCc9cccc(C(=O)Nc%10nc%11ccccc%11s%10)c9C8)nc7C(=O)O)c6C)(CC3(C)C5)C4)C(=O)OCc3ccc(NC(=O)[C@H](CCCNC(N)=O)NC(=O)[C@@H](NC(=O)CCCCCN4C(=O)C=CC4=O)C(C)C)cc3)nn2)[C@H](O)[C@@H](O)[C@@H]1O. The summed E-state index contributed by atoms with van der Waals surface area (Å²) in [5, 5.41) is 70.4. The van der Waals surface area contributed by atoms with Gasteiger partial charge in [-0.2, -0.15) is 5.10 Å². The number of methoxy groups -OCH3 is 1. The Morgan fingerprint density at radius 3 is 2.35 bits per heavy atom. The van der Waals surface area contributed by atoms with Crippen molar-refractivity contribution >= 4 is 91.7 Å². The van der Waals surface area contributed by atoms with E-state index in [1.807, 2.05) is 59.0 Å². The van der Waals surface area contributed by atoms with Crippen LogP contribution in [0, 0.1) is 29.1 Å². The minimum atomic E-state index is -1.53. The number of benzene rings is 3. The molecule has 3 aliphatic heterocycles. The second-order valence-electron chi connectivity index (χ2n) is 32.6. The molecule has 3 aromatic carbocycles. The van der Waals surface area contributed by atoms with Crippen molar-refractivity contribution in [2.75, 3.05) is 62.0 Å². The number of primary amides is 1. The molecule has 11 N–H and O–H groups in total. The molecule has 0 spiro atoms.